The zero-order valence-electron chi connectivity index (χ0n) is 15.8. The summed E-state index contributed by atoms with van der Waals surface area (Å²) in [6, 6.07) is 4.75. The number of hydrogen-bond acceptors (Lipinski definition) is 5. The van der Waals surface area contributed by atoms with Crippen LogP contribution in [0.2, 0.25) is 0 Å². The van der Waals surface area contributed by atoms with Crippen LogP contribution in [-0.2, 0) is 20.9 Å². The number of para-hydroxylation sites is 1. The van der Waals surface area contributed by atoms with Gasteiger partial charge in [0.2, 0.25) is 0 Å². The van der Waals surface area contributed by atoms with E-state index in [1.807, 2.05) is 25.7 Å². The topological polar surface area (TPSA) is 67.9 Å². The number of nitrogens with zero attached hydrogens (tertiary/aromatic N) is 1. The van der Waals surface area contributed by atoms with Crippen LogP contribution in [0.25, 0.3) is 0 Å². The van der Waals surface area contributed by atoms with Crippen LogP contribution in [-0.4, -0.2) is 36.8 Å². The molecule has 1 aliphatic heterocycles. The lowest BCUT2D eigenvalue weighted by molar-refractivity contribution is -0.142. The highest BCUT2D eigenvalue weighted by Gasteiger charge is 2.26. The third-order valence-corrected chi connectivity index (χ3v) is 4.03. The highest BCUT2D eigenvalue weighted by molar-refractivity contribution is 5.68. The molecule has 7 heteroatoms. The van der Waals surface area contributed by atoms with E-state index in [9.17, 15) is 14.0 Å². The van der Waals surface area contributed by atoms with Crippen LogP contribution in [0.5, 0.6) is 0 Å². The number of halogens is 1. The largest absolute Gasteiger partial charge is 0.461 e. The smallest absolute Gasteiger partial charge is 0.407 e. The highest BCUT2D eigenvalue weighted by atomic mass is 19.1. The second kappa shape index (κ2) is 8.38. The molecule has 1 aromatic carbocycles. The lowest BCUT2D eigenvalue weighted by Gasteiger charge is -2.35. The van der Waals surface area contributed by atoms with Crippen molar-refractivity contribution >= 4 is 17.7 Å². The molecule has 1 saturated heterocycles. The van der Waals surface area contributed by atoms with Crippen LogP contribution in [0, 0.1) is 5.82 Å². The number of carbonyl (C=O) groups excluding carboxylic acids is 2. The molecule has 144 valence electrons. The van der Waals surface area contributed by atoms with E-state index in [4.69, 9.17) is 9.47 Å². The van der Waals surface area contributed by atoms with E-state index in [-0.39, 0.29) is 18.5 Å². The quantitative estimate of drug-likeness (QED) is 0.828. The first-order valence-corrected chi connectivity index (χ1v) is 8.81. The number of ether oxygens (including phenoxy) is 2. The fourth-order valence-electron chi connectivity index (χ4n) is 2.93. The molecular weight excluding hydrogens is 339 g/mol. The Morgan fingerprint density at radius 3 is 2.50 bits per heavy atom. The number of nitrogens with one attached hydrogen (secondary N) is 1. The Bertz CT molecular complexity index is 649. The maximum absolute atomic E-state index is 14.4. The second-order valence-electron chi connectivity index (χ2n) is 7.44. The van der Waals surface area contributed by atoms with Crippen LogP contribution in [0.1, 0.15) is 46.1 Å². The Morgan fingerprint density at radius 1 is 1.27 bits per heavy atom. The first-order chi connectivity index (χ1) is 12.2. The fourth-order valence-corrected chi connectivity index (χ4v) is 2.93. The van der Waals surface area contributed by atoms with Crippen molar-refractivity contribution in [1.29, 1.82) is 0 Å². The molecule has 2 rings (SSSR count). The molecule has 0 aromatic heterocycles. The summed E-state index contributed by atoms with van der Waals surface area (Å²) in [5.41, 5.74) is 0.562. The minimum atomic E-state index is -0.538. The molecule has 0 radical (unpaired) electrons. The van der Waals surface area contributed by atoms with Crippen molar-refractivity contribution in [3.63, 3.8) is 0 Å². The summed E-state index contributed by atoms with van der Waals surface area (Å²) < 4.78 is 24.7. The van der Waals surface area contributed by atoms with Crippen LogP contribution >= 0.6 is 0 Å². The summed E-state index contributed by atoms with van der Waals surface area (Å²) >= 11 is 0. The van der Waals surface area contributed by atoms with Crippen LogP contribution < -0.4 is 10.2 Å². The highest BCUT2D eigenvalue weighted by Crippen LogP contribution is 2.28. The van der Waals surface area contributed by atoms with Crippen molar-refractivity contribution in [2.24, 2.45) is 0 Å². The fraction of sp³-hybridized carbons (Fsp3) is 0.579. The number of rotatable bonds is 4. The molecule has 0 spiro atoms. The normalized spacial score (nSPS) is 15.5. The SMILES string of the molecule is CC(=O)OCc1cccc(F)c1N1CCC(NC(=O)OC(C)(C)C)CC1. The van der Waals surface area contributed by atoms with Gasteiger partial charge in [-0.05, 0) is 39.7 Å². The molecule has 0 bridgehead atoms. The number of benzene rings is 1. The van der Waals surface area contributed by atoms with E-state index in [1.54, 1.807) is 12.1 Å². The molecule has 26 heavy (non-hydrogen) atoms. The van der Waals surface area contributed by atoms with Gasteiger partial charge in [-0.3, -0.25) is 4.79 Å². The number of alkyl carbamates (subject to hydrolysis) is 1. The zero-order chi connectivity index (χ0) is 19.3. The summed E-state index contributed by atoms with van der Waals surface area (Å²) in [7, 11) is 0. The lowest BCUT2D eigenvalue weighted by Crippen LogP contribution is -2.46. The molecule has 6 nitrogen and oxygen atoms in total. The summed E-state index contributed by atoms with van der Waals surface area (Å²) in [6.07, 6.45) is 0.929. The molecular formula is C19H27FN2O4. The molecule has 1 aliphatic rings. The Balaban J connectivity index is 1.97. The van der Waals surface area contributed by atoms with Gasteiger partial charge in [0.25, 0.3) is 0 Å². The molecule has 0 atom stereocenters. The maximum atomic E-state index is 14.4. The minimum absolute atomic E-state index is 0.00945. The Kier molecular flexibility index (Phi) is 6.45. The van der Waals surface area contributed by atoms with E-state index in [0.29, 0.717) is 37.2 Å². The van der Waals surface area contributed by atoms with Gasteiger partial charge in [0.15, 0.2) is 0 Å². The van der Waals surface area contributed by atoms with Crippen LogP contribution in [0.3, 0.4) is 0 Å². The molecule has 1 fully saturated rings. The van der Waals surface area contributed by atoms with Gasteiger partial charge in [-0.1, -0.05) is 12.1 Å². The Labute approximate surface area is 153 Å². The van der Waals surface area contributed by atoms with Gasteiger partial charge < -0.3 is 19.7 Å². The van der Waals surface area contributed by atoms with Crippen LogP contribution in [0.15, 0.2) is 18.2 Å². The van der Waals surface area contributed by atoms with E-state index in [0.717, 1.165) is 0 Å². The molecule has 1 amide bonds. The minimum Gasteiger partial charge on any atom is -0.461 e. The molecule has 0 unspecified atom stereocenters. The van der Waals surface area contributed by atoms with Crippen molar-refractivity contribution in [3.8, 4) is 0 Å². The number of esters is 1. The predicted octanol–water partition coefficient (Wildman–Crippen LogP) is 3.38. The van der Waals surface area contributed by atoms with E-state index >= 15 is 0 Å². The van der Waals surface area contributed by atoms with Gasteiger partial charge in [0, 0.05) is 31.6 Å². The monoisotopic (exact) mass is 366 g/mol. The lowest BCUT2D eigenvalue weighted by atomic mass is 10.0. The molecule has 1 aromatic rings. The van der Waals surface area contributed by atoms with Crippen molar-refractivity contribution < 1.29 is 23.5 Å². The summed E-state index contributed by atoms with van der Waals surface area (Å²) in [6.45, 7) is 8.00. The van der Waals surface area contributed by atoms with Gasteiger partial charge in [-0.25, -0.2) is 9.18 Å². The van der Waals surface area contributed by atoms with Crippen molar-refractivity contribution in [2.75, 3.05) is 18.0 Å². The number of amides is 1. The van der Waals surface area contributed by atoms with Crippen LogP contribution in [0.4, 0.5) is 14.9 Å². The first kappa shape index (κ1) is 20.0. The average molecular weight is 366 g/mol. The van der Waals surface area contributed by atoms with Crippen molar-refractivity contribution in [1.82, 2.24) is 5.32 Å². The summed E-state index contributed by atoms with van der Waals surface area (Å²) in [4.78, 5) is 24.9. The number of piperidine rings is 1. The molecule has 1 heterocycles. The number of anilines is 1. The van der Waals surface area contributed by atoms with Gasteiger partial charge in [-0.15, -0.1) is 0 Å². The second-order valence-corrected chi connectivity index (χ2v) is 7.44. The van der Waals surface area contributed by atoms with E-state index in [2.05, 4.69) is 5.32 Å². The summed E-state index contributed by atoms with van der Waals surface area (Å²) in [5, 5.41) is 2.87. The Morgan fingerprint density at radius 2 is 1.92 bits per heavy atom. The molecule has 1 N–H and O–H groups in total. The van der Waals surface area contributed by atoms with E-state index < -0.39 is 17.7 Å². The first-order valence-electron chi connectivity index (χ1n) is 8.81. The van der Waals surface area contributed by atoms with Gasteiger partial charge in [0.1, 0.15) is 18.0 Å². The average Bonchev–Trinajstić information content (AvgIpc) is 2.52. The third-order valence-electron chi connectivity index (χ3n) is 4.03. The Hall–Kier alpha value is -2.31. The third kappa shape index (κ3) is 5.89. The maximum Gasteiger partial charge on any atom is 0.407 e. The van der Waals surface area contributed by atoms with Gasteiger partial charge in [0.05, 0.1) is 5.69 Å². The predicted molar refractivity (Wildman–Crippen MR) is 96.5 cm³/mol. The van der Waals surface area contributed by atoms with Crippen molar-refractivity contribution in [3.05, 3.63) is 29.6 Å². The summed E-state index contributed by atoms with van der Waals surface area (Å²) in [5.74, 6) is -0.742. The van der Waals surface area contributed by atoms with Gasteiger partial charge in [-0.2, -0.15) is 0 Å². The zero-order valence-corrected chi connectivity index (χ0v) is 15.8. The number of carbonyl (C=O) groups is 2. The van der Waals surface area contributed by atoms with Gasteiger partial charge >= 0.3 is 12.1 Å². The van der Waals surface area contributed by atoms with Crippen molar-refractivity contribution in [2.45, 2.75) is 58.8 Å². The van der Waals surface area contributed by atoms with E-state index in [1.165, 1.54) is 13.0 Å². The molecule has 0 saturated carbocycles. The standard InChI is InChI=1S/C19H27FN2O4/c1-13(23)25-12-14-6-5-7-16(20)17(14)22-10-8-15(9-11-22)21-18(24)26-19(2,3)4/h5-7,15H,8-12H2,1-4H3,(H,21,24). The molecule has 0 aliphatic carbocycles. The number of hydrogen-bond donors (Lipinski definition) is 1.